The number of hydrogen-bond donors (Lipinski definition) is 0. The zero-order chi connectivity index (χ0) is 25.4. The monoisotopic (exact) mass is 479 g/mol. The highest BCUT2D eigenvalue weighted by Gasteiger charge is 2.69. The summed E-state index contributed by atoms with van der Waals surface area (Å²) in [6.07, 6.45) is 12.6. The van der Waals surface area contributed by atoms with Gasteiger partial charge in [0.1, 0.15) is 12.2 Å². The van der Waals surface area contributed by atoms with Gasteiger partial charge in [-0.05, 0) is 84.7 Å². The van der Waals surface area contributed by atoms with E-state index in [2.05, 4.69) is 59.8 Å². The molecule has 0 bridgehead atoms. The predicted octanol–water partition coefficient (Wildman–Crippen LogP) is 6.00. The van der Waals surface area contributed by atoms with Gasteiger partial charge in [-0.3, -0.25) is 9.59 Å². The minimum atomic E-state index is -0.269. The Balaban J connectivity index is 1.30. The zero-order valence-corrected chi connectivity index (χ0v) is 22.2. The van der Waals surface area contributed by atoms with Crippen LogP contribution in [-0.2, 0) is 19.1 Å². The summed E-state index contributed by atoms with van der Waals surface area (Å²) in [6, 6.07) is 1.93. The second-order valence-corrected chi connectivity index (χ2v) is 13.5. The normalized spacial score (nSPS) is 42.5. The first-order chi connectivity index (χ1) is 16.4. The topological polar surface area (TPSA) is 76.4 Å². The largest absolute Gasteiger partial charge is 0.454 e. The Hall–Kier alpha value is -2.09. The van der Waals surface area contributed by atoms with Gasteiger partial charge in [-0.25, -0.2) is 0 Å². The van der Waals surface area contributed by atoms with Gasteiger partial charge >= 0.3 is 11.9 Å². The summed E-state index contributed by atoms with van der Waals surface area (Å²) >= 11 is 0. The van der Waals surface area contributed by atoms with Crippen molar-refractivity contribution in [2.24, 2.45) is 51.2 Å². The summed E-state index contributed by atoms with van der Waals surface area (Å²) in [5, 5.41) is 8.82. The third kappa shape index (κ3) is 3.45. The number of rotatable bonds is 4. The maximum atomic E-state index is 12.9. The van der Waals surface area contributed by atoms with Crippen LogP contribution >= 0.6 is 0 Å². The van der Waals surface area contributed by atoms with E-state index in [4.69, 9.17) is 14.7 Å². The number of allylic oxidation sites excluding steroid dienone is 2. The first-order valence-electron chi connectivity index (χ1n) is 13.5. The van der Waals surface area contributed by atoms with E-state index in [1.54, 1.807) is 0 Å². The minimum Gasteiger partial charge on any atom is -0.454 e. The van der Waals surface area contributed by atoms with Gasteiger partial charge in [0.15, 0.2) is 6.61 Å². The lowest BCUT2D eigenvalue weighted by atomic mass is 9.48. The zero-order valence-electron chi connectivity index (χ0n) is 22.2. The first-order valence-corrected chi connectivity index (χ1v) is 13.5. The van der Waals surface area contributed by atoms with Crippen molar-refractivity contribution >= 4 is 11.9 Å². The molecule has 0 aromatic carbocycles. The van der Waals surface area contributed by atoms with E-state index < -0.39 is 0 Å². The lowest BCUT2D eigenvalue weighted by Gasteiger charge is -2.57. The van der Waals surface area contributed by atoms with Crippen molar-refractivity contribution in [2.45, 2.75) is 86.2 Å². The van der Waals surface area contributed by atoms with Crippen LogP contribution in [0.4, 0.5) is 0 Å². The van der Waals surface area contributed by atoms with Crippen LogP contribution in [0.2, 0.25) is 0 Å². The number of hydrogen-bond acceptors (Lipinski definition) is 5. The molecule has 0 heterocycles. The van der Waals surface area contributed by atoms with Crippen molar-refractivity contribution in [3.63, 3.8) is 0 Å². The molecule has 0 aromatic heterocycles. The van der Waals surface area contributed by atoms with Crippen molar-refractivity contribution in [1.29, 1.82) is 5.26 Å². The fraction of sp³-hybridized carbons (Fsp3) is 0.767. The Labute approximate surface area is 210 Å². The van der Waals surface area contributed by atoms with Gasteiger partial charge in [-0.2, -0.15) is 5.26 Å². The Bertz CT molecular complexity index is 1020. The highest BCUT2D eigenvalue weighted by atomic mass is 16.5. The fourth-order valence-corrected chi connectivity index (χ4v) is 8.96. The third-order valence-corrected chi connectivity index (χ3v) is 11.7. The van der Waals surface area contributed by atoms with Crippen molar-refractivity contribution in [3.8, 4) is 6.07 Å². The van der Waals surface area contributed by atoms with Crippen LogP contribution in [0.3, 0.4) is 0 Å². The molecule has 4 saturated carbocycles. The maximum Gasteiger partial charge on any atom is 0.310 e. The van der Waals surface area contributed by atoms with E-state index in [1.165, 1.54) is 5.57 Å². The average molecular weight is 480 g/mol. The Kier molecular flexibility index (Phi) is 5.59. The van der Waals surface area contributed by atoms with Gasteiger partial charge in [0.25, 0.3) is 0 Å². The molecule has 35 heavy (non-hydrogen) atoms. The quantitative estimate of drug-likeness (QED) is 0.365. The molecular weight excluding hydrogens is 438 g/mol. The fourth-order valence-electron chi connectivity index (χ4n) is 8.96. The molecule has 1 unspecified atom stereocenters. The molecule has 4 fully saturated rings. The van der Waals surface area contributed by atoms with Crippen molar-refractivity contribution in [1.82, 2.24) is 0 Å². The van der Waals surface area contributed by atoms with Gasteiger partial charge in [-0.15, -0.1) is 0 Å². The van der Waals surface area contributed by atoms with Crippen molar-refractivity contribution in [3.05, 3.63) is 23.8 Å². The summed E-state index contributed by atoms with van der Waals surface area (Å²) in [5.41, 5.74) is 1.34. The number of esters is 2. The highest BCUT2D eigenvalue weighted by molar-refractivity contribution is 5.79. The molecule has 0 radical (unpaired) electrons. The molecule has 190 valence electrons. The first kappa shape index (κ1) is 24.6. The molecule has 5 heteroatoms. The molecule has 0 N–H and O–H groups in total. The van der Waals surface area contributed by atoms with Crippen LogP contribution in [0.15, 0.2) is 23.8 Å². The van der Waals surface area contributed by atoms with E-state index >= 15 is 0 Å². The molecule has 5 rings (SSSR count). The van der Waals surface area contributed by atoms with E-state index in [1.807, 2.05) is 6.07 Å². The van der Waals surface area contributed by atoms with E-state index in [-0.39, 0.29) is 58.1 Å². The van der Waals surface area contributed by atoms with Crippen molar-refractivity contribution in [2.75, 3.05) is 6.61 Å². The molecule has 5 aliphatic rings. The standard InChI is InChI=1S/C30H41NO4/c1-27(2)24(28(27,3)4)26(33)35-19-11-13-29(5)18(17-19)7-8-20-21-9-10-23(25(32)34-16-15-31)30(21,6)14-12-22(20)29/h11,13,17,19-24H,7-10,12,14,16H2,1-6H3/t19?,20-,21-,22-,23+,29-,30-/m0/s1. The van der Waals surface area contributed by atoms with Gasteiger partial charge in [0.2, 0.25) is 0 Å². The molecule has 0 aliphatic heterocycles. The lowest BCUT2D eigenvalue weighted by Crippen LogP contribution is -2.50. The van der Waals surface area contributed by atoms with Crippen LogP contribution in [-0.4, -0.2) is 24.6 Å². The Morgan fingerprint density at radius 1 is 1.00 bits per heavy atom. The lowest BCUT2D eigenvalue weighted by molar-refractivity contribution is -0.154. The van der Waals surface area contributed by atoms with Gasteiger partial charge in [0.05, 0.1) is 11.8 Å². The number of carbonyl (C=O) groups is 2. The van der Waals surface area contributed by atoms with Crippen LogP contribution in [0, 0.1) is 62.6 Å². The molecule has 7 atom stereocenters. The number of carbonyl (C=O) groups excluding carboxylic acids is 2. The molecule has 0 saturated heterocycles. The number of fused-ring (bicyclic) bond motifs is 5. The highest BCUT2D eigenvalue weighted by Crippen LogP contribution is 2.69. The Morgan fingerprint density at radius 2 is 1.71 bits per heavy atom. The van der Waals surface area contributed by atoms with Crippen LogP contribution in [0.5, 0.6) is 0 Å². The molecule has 0 spiro atoms. The molecule has 0 amide bonds. The van der Waals surface area contributed by atoms with Crippen LogP contribution in [0.1, 0.15) is 80.1 Å². The Morgan fingerprint density at radius 3 is 2.37 bits per heavy atom. The number of ether oxygens (including phenoxy) is 2. The summed E-state index contributed by atoms with van der Waals surface area (Å²) in [4.78, 5) is 25.7. The molecular formula is C30H41NO4. The summed E-state index contributed by atoms with van der Waals surface area (Å²) in [6.45, 7) is 13.1. The number of nitriles is 1. The van der Waals surface area contributed by atoms with E-state index in [0.717, 1.165) is 38.5 Å². The van der Waals surface area contributed by atoms with Crippen LogP contribution in [0.25, 0.3) is 0 Å². The van der Waals surface area contributed by atoms with E-state index in [9.17, 15) is 9.59 Å². The second kappa shape index (κ2) is 7.95. The van der Waals surface area contributed by atoms with Gasteiger partial charge < -0.3 is 9.47 Å². The third-order valence-electron chi connectivity index (χ3n) is 11.7. The van der Waals surface area contributed by atoms with E-state index in [0.29, 0.717) is 17.8 Å². The second-order valence-electron chi connectivity index (χ2n) is 13.5. The average Bonchev–Trinajstić information content (AvgIpc) is 3.03. The number of nitrogens with zero attached hydrogens (tertiary/aromatic N) is 1. The maximum absolute atomic E-state index is 12.9. The predicted molar refractivity (Wildman–Crippen MR) is 133 cm³/mol. The van der Waals surface area contributed by atoms with Crippen LogP contribution < -0.4 is 0 Å². The summed E-state index contributed by atoms with van der Waals surface area (Å²) < 4.78 is 11.3. The molecule has 5 nitrogen and oxygen atoms in total. The molecule has 0 aromatic rings. The molecule has 5 aliphatic carbocycles. The van der Waals surface area contributed by atoms with Crippen molar-refractivity contribution < 1.29 is 19.1 Å². The van der Waals surface area contributed by atoms with Gasteiger partial charge in [-0.1, -0.05) is 53.2 Å². The minimum absolute atomic E-state index is 0.00925. The summed E-state index contributed by atoms with van der Waals surface area (Å²) in [5.74, 6) is 1.26. The summed E-state index contributed by atoms with van der Waals surface area (Å²) in [7, 11) is 0. The smallest absolute Gasteiger partial charge is 0.310 e. The SMILES string of the molecule is CC1(C)C(C(=O)OC2C=C[C@@]3(C)C(=C2)CC[C@H]2[C@@H]4CC[C@H](C(=O)OCC#N)[C@@]4(C)CC[C@@H]23)C1(C)C. The van der Waals surface area contributed by atoms with Gasteiger partial charge in [0, 0.05) is 5.41 Å².